The van der Waals surface area contributed by atoms with Crippen LogP contribution in [0.4, 0.5) is 0 Å². The highest BCUT2D eigenvalue weighted by molar-refractivity contribution is 5.92. The lowest BCUT2D eigenvalue weighted by Crippen LogP contribution is -2.49. The van der Waals surface area contributed by atoms with E-state index in [1.54, 1.807) is 0 Å². The number of carbonyl (C=O) groups is 2. The zero-order valence-corrected chi connectivity index (χ0v) is 17.1. The minimum atomic E-state index is -1.26. The third-order valence-corrected chi connectivity index (χ3v) is 7.19. The zero-order chi connectivity index (χ0) is 20.0. The molecule has 3 aliphatic rings. The molecule has 1 N–H and O–H groups in total. The molecule has 150 valence electrons. The van der Waals surface area contributed by atoms with Gasteiger partial charge in [0.2, 0.25) is 6.29 Å². The minimum absolute atomic E-state index is 0.0979. The molecule has 0 aromatic heterocycles. The summed E-state index contributed by atoms with van der Waals surface area (Å²) in [6.07, 6.45) is 6.90. The predicted octanol–water partition coefficient (Wildman–Crippen LogP) is 3.91. The first-order chi connectivity index (χ1) is 12.5. The van der Waals surface area contributed by atoms with Crippen molar-refractivity contribution in [3.63, 3.8) is 0 Å². The monoisotopic (exact) mass is 376 g/mol. The van der Waals surface area contributed by atoms with Gasteiger partial charge in [-0.1, -0.05) is 38.8 Å². The fourth-order valence-electron chi connectivity index (χ4n) is 5.92. The summed E-state index contributed by atoms with van der Waals surface area (Å²) >= 11 is 0. The predicted molar refractivity (Wildman–Crippen MR) is 101 cm³/mol. The molecular formula is C22H32O5. The number of hydrogen-bond acceptors (Lipinski definition) is 5. The number of ether oxygens (including phenoxy) is 2. The molecule has 1 aliphatic heterocycles. The molecule has 0 saturated heterocycles. The Morgan fingerprint density at radius 2 is 2.07 bits per heavy atom. The number of rotatable bonds is 4. The van der Waals surface area contributed by atoms with E-state index in [0.717, 1.165) is 12.8 Å². The third kappa shape index (κ3) is 3.71. The van der Waals surface area contributed by atoms with Crippen LogP contribution in [0.25, 0.3) is 0 Å². The zero-order valence-electron chi connectivity index (χ0n) is 17.1. The van der Waals surface area contributed by atoms with Gasteiger partial charge in [-0.05, 0) is 61.3 Å². The SMILES string of the molecule is CC(=O)O[C@H](C[C@H]1C(C)=CC[C@H]2C(C)(C)CCC[C@]12C)C1=CC(O)OC1=O. The van der Waals surface area contributed by atoms with Gasteiger partial charge in [0.15, 0.2) is 0 Å². The molecule has 2 aliphatic carbocycles. The Balaban J connectivity index is 1.93. The first-order valence-electron chi connectivity index (χ1n) is 9.99. The average molecular weight is 376 g/mol. The van der Waals surface area contributed by atoms with E-state index in [1.165, 1.54) is 31.4 Å². The molecule has 5 nitrogen and oxygen atoms in total. The van der Waals surface area contributed by atoms with Crippen LogP contribution in [-0.2, 0) is 19.1 Å². The largest absolute Gasteiger partial charge is 0.457 e. The summed E-state index contributed by atoms with van der Waals surface area (Å²) < 4.78 is 10.4. The van der Waals surface area contributed by atoms with Crippen molar-refractivity contribution in [3.8, 4) is 0 Å². The van der Waals surface area contributed by atoms with Gasteiger partial charge in [-0.15, -0.1) is 0 Å². The first-order valence-corrected chi connectivity index (χ1v) is 9.99. The number of aliphatic hydroxyl groups is 1. The summed E-state index contributed by atoms with van der Waals surface area (Å²) in [5, 5.41) is 9.65. The van der Waals surface area contributed by atoms with Crippen LogP contribution in [0.2, 0.25) is 0 Å². The van der Waals surface area contributed by atoms with Gasteiger partial charge in [0.1, 0.15) is 6.10 Å². The molecule has 1 heterocycles. The van der Waals surface area contributed by atoms with Gasteiger partial charge in [-0.25, -0.2) is 4.79 Å². The third-order valence-electron chi connectivity index (χ3n) is 7.19. The number of hydrogen-bond donors (Lipinski definition) is 1. The molecule has 0 spiro atoms. The molecule has 27 heavy (non-hydrogen) atoms. The van der Waals surface area contributed by atoms with Crippen LogP contribution in [0.15, 0.2) is 23.3 Å². The van der Waals surface area contributed by atoms with Gasteiger partial charge in [0.05, 0.1) is 5.57 Å². The summed E-state index contributed by atoms with van der Waals surface area (Å²) in [5.41, 5.74) is 1.92. The fraction of sp³-hybridized carbons (Fsp3) is 0.727. The van der Waals surface area contributed by atoms with Crippen LogP contribution in [-0.4, -0.2) is 29.4 Å². The maximum absolute atomic E-state index is 12.1. The lowest BCUT2D eigenvalue weighted by Gasteiger charge is -2.57. The number of cyclic esters (lactones) is 1. The molecule has 0 bridgehead atoms. The standard InChI is InChI=1S/C22H32O5/c1-13-7-8-18-21(3,4)9-6-10-22(18,5)16(13)12-17(26-14(2)23)15-11-19(24)27-20(15)25/h7,11,16-19,24H,6,8-10,12H2,1-5H3/t16-,17+,18-,19?,22+/m0/s1. The summed E-state index contributed by atoms with van der Waals surface area (Å²) in [5.74, 6) is -0.262. The van der Waals surface area contributed by atoms with Crippen molar-refractivity contribution in [2.75, 3.05) is 0 Å². The summed E-state index contributed by atoms with van der Waals surface area (Å²) in [7, 11) is 0. The van der Waals surface area contributed by atoms with Crippen LogP contribution in [0.5, 0.6) is 0 Å². The number of allylic oxidation sites excluding steroid dienone is 2. The molecule has 0 aromatic rings. The minimum Gasteiger partial charge on any atom is -0.457 e. The number of esters is 2. The Morgan fingerprint density at radius 1 is 1.37 bits per heavy atom. The molecule has 5 heteroatoms. The van der Waals surface area contributed by atoms with Crippen molar-refractivity contribution in [1.82, 2.24) is 0 Å². The molecular weight excluding hydrogens is 344 g/mol. The molecule has 1 unspecified atom stereocenters. The topological polar surface area (TPSA) is 72.8 Å². The quantitative estimate of drug-likeness (QED) is 0.595. The van der Waals surface area contributed by atoms with Crippen molar-refractivity contribution in [3.05, 3.63) is 23.3 Å². The molecule has 5 atom stereocenters. The van der Waals surface area contributed by atoms with Crippen LogP contribution >= 0.6 is 0 Å². The average Bonchev–Trinajstić information content (AvgIpc) is 2.87. The first kappa shape index (κ1) is 20.1. The Labute approximate surface area is 161 Å². The van der Waals surface area contributed by atoms with Crippen LogP contribution < -0.4 is 0 Å². The van der Waals surface area contributed by atoms with Crippen molar-refractivity contribution in [2.45, 2.75) is 79.1 Å². The van der Waals surface area contributed by atoms with E-state index < -0.39 is 24.3 Å². The van der Waals surface area contributed by atoms with E-state index in [1.807, 2.05) is 0 Å². The van der Waals surface area contributed by atoms with Gasteiger partial charge in [-0.2, -0.15) is 0 Å². The molecule has 0 radical (unpaired) electrons. The van der Waals surface area contributed by atoms with Crippen molar-refractivity contribution in [2.24, 2.45) is 22.7 Å². The van der Waals surface area contributed by atoms with Gasteiger partial charge in [0.25, 0.3) is 0 Å². The smallest absolute Gasteiger partial charge is 0.340 e. The Morgan fingerprint density at radius 3 is 2.67 bits per heavy atom. The maximum Gasteiger partial charge on any atom is 0.340 e. The Hall–Kier alpha value is -1.62. The van der Waals surface area contributed by atoms with Crippen LogP contribution in [0.1, 0.15) is 66.7 Å². The van der Waals surface area contributed by atoms with E-state index in [-0.39, 0.29) is 22.3 Å². The van der Waals surface area contributed by atoms with Gasteiger partial charge in [-0.3, -0.25) is 4.79 Å². The molecule has 0 amide bonds. The Bertz CT molecular complexity index is 689. The second-order valence-electron chi connectivity index (χ2n) is 9.39. The number of carbonyl (C=O) groups excluding carboxylic acids is 2. The second-order valence-corrected chi connectivity index (χ2v) is 9.39. The fourth-order valence-corrected chi connectivity index (χ4v) is 5.92. The van der Waals surface area contributed by atoms with E-state index in [9.17, 15) is 14.7 Å². The lowest BCUT2D eigenvalue weighted by atomic mass is 9.48. The highest BCUT2D eigenvalue weighted by Crippen LogP contribution is 2.60. The molecule has 3 rings (SSSR count). The van der Waals surface area contributed by atoms with Gasteiger partial charge < -0.3 is 14.6 Å². The van der Waals surface area contributed by atoms with Gasteiger partial charge in [0, 0.05) is 6.92 Å². The van der Waals surface area contributed by atoms with E-state index in [4.69, 9.17) is 9.47 Å². The van der Waals surface area contributed by atoms with Crippen LogP contribution in [0.3, 0.4) is 0 Å². The van der Waals surface area contributed by atoms with E-state index >= 15 is 0 Å². The van der Waals surface area contributed by atoms with Crippen molar-refractivity contribution < 1.29 is 24.2 Å². The van der Waals surface area contributed by atoms with Crippen LogP contribution in [0, 0.1) is 22.7 Å². The highest BCUT2D eigenvalue weighted by Gasteiger charge is 2.52. The van der Waals surface area contributed by atoms with E-state index in [2.05, 4.69) is 33.8 Å². The second kappa shape index (κ2) is 7.08. The maximum atomic E-state index is 12.1. The number of fused-ring (bicyclic) bond motifs is 1. The van der Waals surface area contributed by atoms with E-state index in [0.29, 0.717) is 12.3 Å². The highest BCUT2D eigenvalue weighted by atomic mass is 16.6. The Kier molecular flexibility index (Phi) is 5.28. The molecule has 0 aromatic carbocycles. The van der Waals surface area contributed by atoms with Crippen molar-refractivity contribution in [1.29, 1.82) is 0 Å². The molecule has 1 saturated carbocycles. The summed E-state index contributed by atoms with van der Waals surface area (Å²) in [6.45, 7) is 10.6. The summed E-state index contributed by atoms with van der Waals surface area (Å²) in [6, 6.07) is 0. The normalized spacial score (nSPS) is 36.2. The van der Waals surface area contributed by atoms with Crippen molar-refractivity contribution >= 4 is 11.9 Å². The number of aliphatic hydroxyl groups excluding tert-OH is 1. The van der Waals surface area contributed by atoms with Gasteiger partial charge >= 0.3 is 11.9 Å². The lowest BCUT2D eigenvalue weighted by molar-refractivity contribution is -0.154. The molecule has 1 fully saturated rings. The summed E-state index contributed by atoms with van der Waals surface area (Å²) in [4.78, 5) is 23.8.